The van der Waals surface area contributed by atoms with Gasteiger partial charge in [0.15, 0.2) is 0 Å². The maximum absolute atomic E-state index is 12.2. The first-order valence-electron chi connectivity index (χ1n) is 10.00. The number of alkyl halides is 1. The number of amides is 4. The highest BCUT2D eigenvalue weighted by molar-refractivity contribution is 6.21. The van der Waals surface area contributed by atoms with E-state index in [1.165, 1.54) is 0 Å². The van der Waals surface area contributed by atoms with Crippen LogP contribution in [0.4, 0.5) is 9.59 Å². The summed E-state index contributed by atoms with van der Waals surface area (Å²) in [7, 11) is 0. The van der Waals surface area contributed by atoms with Gasteiger partial charge in [0.25, 0.3) is 0 Å². The third-order valence-corrected chi connectivity index (χ3v) is 5.55. The molecule has 0 bridgehead atoms. The molecule has 28 heavy (non-hydrogen) atoms. The maximum Gasteiger partial charge on any atom is 0.340 e. The molecule has 158 valence electrons. The number of hydrogen-bond donors (Lipinski definition) is 2. The zero-order valence-electron chi connectivity index (χ0n) is 16.0. The Morgan fingerprint density at radius 1 is 0.786 bits per heavy atom. The average Bonchev–Trinajstić information content (AvgIpc) is 2.71. The average molecular weight is 417 g/mol. The summed E-state index contributed by atoms with van der Waals surface area (Å²) >= 11 is 6.16. The maximum atomic E-state index is 12.2. The molecule has 11 heteroatoms. The van der Waals surface area contributed by atoms with E-state index in [-0.39, 0.29) is 25.2 Å². The minimum Gasteiger partial charge on any atom is -0.334 e. The molecular formula is C17H29ClN6O4. The van der Waals surface area contributed by atoms with Gasteiger partial charge in [-0.05, 0) is 25.7 Å². The molecule has 2 saturated carbocycles. The molecule has 2 aliphatic rings. The molecule has 10 nitrogen and oxygen atoms in total. The molecule has 0 radical (unpaired) electrons. The molecule has 2 N–H and O–H groups in total. The molecule has 2 rings (SSSR count). The molecule has 0 saturated heterocycles. The molecule has 0 unspecified atom stereocenters. The lowest BCUT2D eigenvalue weighted by molar-refractivity contribution is 0.180. The summed E-state index contributed by atoms with van der Waals surface area (Å²) in [6.45, 7) is -0.460. The smallest absolute Gasteiger partial charge is 0.334 e. The quantitative estimate of drug-likeness (QED) is 0.356. The zero-order chi connectivity index (χ0) is 20.4. The van der Waals surface area contributed by atoms with Crippen LogP contribution in [0.2, 0.25) is 0 Å². The Hall–Kier alpha value is -1.97. The van der Waals surface area contributed by atoms with E-state index in [2.05, 4.69) is 21.2 Å². The Morgan fingerprint density at radius 3 is 1.46 bits per heavy atom. The van der Waals surface area contributed by atoms with E-state index in [0.29, 0.717) is 10.0 Å². The fourth-order valence-corrected chi connectivity index (χ4v) is 3.99. The standard InChI is InChI=1S/C17H29ClN6O4/c18-13(11-23(21-27)16(25)19-14-7-3-1-4-8-14)12-24(22-28)17(26)20-15-9-5-2-6-10-15/h13-15H,1-12H2,(H,19,25)(H,20,26). The normalized spacial score (nSPS) is 18.4. The molecule has 4 amide bonds. The lowest BCUT2D eigenvalue weighted by Gasteiger charge is -2.27. The molecule has 0 aromatic carbocycles. The molecular weight excluding hydrogens is 388 g/mol. The van der Waals surface area contributed by atoms with Crippen LogP contribution < -0.4 is 10.6 Å². The lowest BCUT2D eigenvalue weighted by atomic mass is 9.96. The highest BCUT2D eigenvalue weighted by Gasteiger charge is 2.27. The Kier molecular flexibility index (Phi) is 9.39. The second kappa shape index (κ2) is 11.8. The Labute approximate surface area is 169 Å². The fourth-order valence-electron chi connectivity index (χ4n) is 3.73. The molecule has 0 spiro atoms. The molecule has 2 fully saturated rings. The second-order valence-corrected chi connectivity index (χ2v) is 8.11. The summed E-state index contributed by atoms with van der Waals surface area (Å²) in [6, 6.07) is -1.20. The number of nitrogens with one attached hydrogen (secondary N) is 2. The number of carbonyl (C=O) groups excluding carboxylic acids is 2. The molecule has 0 aromatic heterocycles. The van der Waals surface area contributed by atoms with Crippen molar-refractivity contribution in [2.75, 3.05) is 13.1 Å². The van der Waals surface area contributed by atoms with Crippen LogP contribution in [0, 0.1) is 9.81 Å². The predicted octanol–water partition coefficient (Wildman–Crippen LogP) is 3.65. The molecule has 2 aliphatic carbocycles. The van der Waals surface area contributed by atoms with E-state index in [0.717, 1.165) is 64.2 Å². The van der Waals surface area contributed by atoms with E-state index >= 15 is 0 Å². The van der Waals surface area contributed by atoms with Crippen molar-refractivity contribution in [3.05, 3.63) is 9.81 Å². The van der Waals surface area contributed by atoms with Gasteiger partial charge in [0, 0.05) is 12.1 Å². The van der Waals surface area contributed by atoms with Gasteiger partial charge < -0.3 is 10.6 Å². The Morgan fingerprint density at radius 2 is 1.14 bits per heavy atom. The van der Waals surface area contributed by atoms with Crippen molar-refractivity contribution in [2.24, 2.45) is 10.6 Å². The number of nitroso groups, excluding NO2 is 2. The fraction of sp³-hybridized carbons (Fsp3) is 0.882. The van der Waals surface area contributed by atoms with Crippen molar-refractivity contribution in [1.82, 2.24) is 20.7 Å². The van der Waals surface area contributed by atoms with Crippen LogP contribution in [-0.4, -0.2) is 52.6 Å². The Balaban J connectivity index is 1.79. The van der Waals surface area contributed by atoms with Gasteiger partial charge >= 0.3 is 12.1 Å². The first-order valence-corrected chi connectivity index (χ1v) is 10.4. The summed E-state index contributed by atoms with van der Waals surface area (Å²) in [5, 5.41) is 11.5. The number of rotatable bonds is 8. The summed E-state index contributed by atoms with van der Waals surface area (Å²) in [6.07, 6.45) is 9.90. The van der Waals surface area contributed by atoms with Crippen molar-refractivity contribution < 1.29 is 9.59 Å². The van der Waals surface area contributed by atoms with Crippen molar-refractivity contribution in [1.29, 1.82) is 0 Å². The van der Waals surface area contributed by atoms with Gasteiger partial charge in [0.05, 0.1) is 29.0 Å². The van der Waals surface area contributed by atoms with Crippen molar-refractivity contribution in [3.8, 4) is 0 Å². The van der Waals surface area contributed by atoms with Gasteiger partial charge in [-0.1, -0.05) is 38.5 Å². The van der Waals surface area contributed by atoms with E-state index < -0.39 is 17.4 Å². The molecule has 0 atom stereocenters. The summed E-state index contributed by atoms with van der Waals surface area (Å²) in [5.74, 6) is 0. The predicted molar refractivity (Wildman–Crippen MR) is 105 cm³/mol. The summed E-state index contributed by atoms with van der Waals surface area (Å²) in [4.78, 5) is 46.5. The van der Waals surface area contributed by atoms with Gasteiger partial charge in [-0.15, -0.1) is 21.4 Å². The minimum atomic E-state index is -0.871. The van der Waals surface area contributed by atoms with Crippen LogP contribution in [0.5, 0.6) is 0 Å². The van der Waals surface area contributed by atoms with E-state index in [4.69, 9.17) is 11.6 Å². The zero-order valence-corrected chi connectivity index (χ0v) is 16.8. The summed E-state index contributed by atoms with van der Waals surface area (Å²) in [5.41, 5.74) is 0. The lowest BCUT2D eigenvalue weighted by Crippen LogP contribution is -2.48. The molecule has 0 aliphatic heterocycles. The third kappa shape index (κ3) is 7.21. The van der Waals surface area contributed by atoms with Crippen molar-refractivity contribution in [2.45, 2.75) is 81.7 Å². The van der Waals surface area contributed by atoms with Crippen LogP contribution in [0.25, 0.3) is 0 Å². The monoisotopic (exact) mass is 416 g/mol. The Bertz CT molecular complexity index is 494. The highest BCUT2D eigenvalue weighted by atomic mass is 35.5. The second-order valence-electron chi connectivity index (χ2n) is 7.49. The van der Waals surface area contributed by atoms with Crippen molar-refractivity contribution in [3.63, 3.8) is 0 Å². The summed E-state index contributed by atoms with van der Waals surface area (Å²) < 4.78 is 0. The number of nitrogens with zero attached hydrogens (tertiary/aromatic N) is 4. The largest absolute Gasteiger partial charge is 0.340 e. The van der Waals surface area contributed by atoms with Gasteiger partial charge in [-0.25, -0.2) is 9.59 Å². The number of halogens is 1. The third-order valence-electron chi connectivity index (χ3n) is 5.27. The minimum absolute atomic E-state index is 0.0219. The SMILES string of the molecule is O=NN(CC(Cl)CN(N=O)C(=O)NC1CCCCC1)C(=O)NC1CCCCC1. The van der Waals surface area contributed by atoms with Crippen LogP contribution in [0.1, 0.15) is 64.2 Å². The van der Waals surface area contributed by atoms with Crippen LogP contribution >= 0.6 is 11.6 Å². The van der Waals surface area contributed by atoms with Gasteiger partial charge in [0.1, 0.15) is 0 Å². The van der Waals surface area contributed by atoms with E-state index in [1.54, 1.807) is 0 Å². The van der Waals surface area contributed by atoms with Crippen molar-refractivity contribution >= 4 is 23.7 Å². The van der Waals surface area contributed by atoms with Gasteiger partial charge in [0.2, 0.25) is 0 Å². The first kappa shape index (κ1) is 22.3. The highest BCUT2D eigenvalue weighted by Crippen LogP contribution is 2.19. The van der Waals surface area contributed by atoms with Crippen LogP contribution in [0.3, 0.4) is 0 Å². The number of hydrogen-bond acceptors (Lipinski definition) is 6. The topological polar surface area (TPSA) is 124 Å². The first-order chi connectivity index (χ1) is 13.5. The van der Waals surface area contributed by atoms with Gasteiger partial charge in [-0.2, -0.15) is 10.0 Å². The van der Waals surface area contributed by atoms with Gasteiger partial charge in [-0.3, -0.25) is 0 Å². The van der Waals surface area contributed by atoms with Crippen LogP contribution in [0.15, 0.2) is 10.6 Å². The number of carbonyl (C=O) groups is 2. The number of urea groups is 2. The van der Waals surface area contributed by atoms with E-state index in [1.807, 2.05) is 0 Å². The molecule has 0 aromatic rings. The van der Waals surface area contributed by atoms with E-state index in [9.17, 15) is 19.4 Å². The van der Waals surface area contributed by atoms with Crippen LogP contribution in [-0.2, 0) is 0 Å². The molecule has 0 heterocycles.